The molecule has 0 amide bonds. The SMILES string of the molecule is O=c1c(Br)cc(Br)cn1CCCC1CCCO1. The molecule has 0 radical (unpaired) electrons. The quantitative estimate of drug-likeness (QED) is 0.820. The summed E-state index contributed by atoms with van der Waals surface area (Å²) in [5.74, 6) is 0. The van der Waals surface area contributed by atoms with Gasteiger partial charge in [0, 0.05) is 23.8 Å². The van der Waals surface area contributed by atoms with Crippen molar-refractivity contribution in [1.82, 2.24) is 4.57 Å². The number of ether oxygens (including phenoxy) is 1. The average Bonchev–Trinajstić information content (AvgIpc) is 2.78. The molecule has 94 valence electrons. The highest BCUT2D eigenvalue weighted by molar-refractivity contribution is 9.11. The molecule has 17 heavy (non-hydrogen) atoms. The molecule has 0 aliphatic carbocycles. The lowest BCUT2D eigenvalue weighted by molar-refractivity contribution is 0.101. The smallest absolute Gasteiger partial charge is 0.264 e. The molecule has 5 heteroatoms. The monoisotopic (exact) mass is 363 g/mol. The zero-order valence-electron chi connectivity index (χ0n) is 9.49. The van der Waals surface area contributed by atoms with Crippen LogP contribution in [0.5, 0.6) is 0 Å². The van der Waals surface area contributed by atoms with E-state index < -0.39 is 0 Å². The second-order valence-corrected chi connectivity index (χ2v) is 6.05. The van der Waals surface area contributed by atoms with Crippen molar-refractivity contribution < 1.29 is 4.74 Å². The molecule has 1 aliphatic rings. The summed E-state index contributed by atoms with van der Waals surface area (Å²) in [6.45, 7) is 1.64. The standard InChI is InChI=1S/C12H15Br2NO2/c13-9-7-11(14)12(16)15(8-9)5-1-3-10-4-2-6-17-10/h7-8,10H,1-6H2. The molecule has 1 fully saturated rings. The Labute approximate surface area is 117 Å². The van der Waals surface area contributed by atoms with Gasteiger partial charge in [0.15, 0.2) is 0 Å². The molecule has 1 aromatic heterocycles. The summed E-state index contributed by atoms with van der Waals surface area (Å²) in [6, 6.07) is 1.78. The van der Waals surface area contributed by atoms with Crippen LogP contribution in [0.25, 0.3) is 0 Å². The third kappa shape index (κ3) is 3.66. The first-order valence-corrected chi connectivity index (χ1v) is 7.42. The molecule has 2 rings (SSSR count). The van der Waals surface area contributed by atoms with Crippen molar-refractivity contribution in [2.75, 3.05) is 6.61 Å². The van der Waals surface area contributed by atoms with Crippen molar-refractivity contribution >= 4 is 31.9 Å². The predicted molar refractivity (Wildman–Crippen MR) is 74.3 cm³/mol. The summed E-state index contributed by atoms with van der Waals surface area (Å²) in [7, 11) is 0. The van der Waals surface area contributed by atoms with Gasteiger partial charge in [-0.2, -0.15) is 0 Å². The van der Waals surface area contributed by atoms with Gasteiger partial charge in [0.25, 0.3) is 5.56 Å². The fourth-order valence-corrected chi connectivity index (χ4v) is 3.35. The van der Waals surface area contributed by atoms with Crippen molar-refractivity contribution in [2.45, 2.75) is 38.3 Å². The number of hydrogen-bond acceptors (Lipinski definition) is 2. The molecule has 3 nitrogen and oxygen atoms in total. The Morgan fingerprint density at radius 3 is 3.00 bits per heavy atom. The van der Waals surface area contributed by atoms with E-state index in [2.05, 4.69) is 31.9 Å². The van der Waals surface area contributed by atoms with Gasteiger partial charge in [-0.05, 0) is 63.6 Å². The van der Waals surface area contributed by atoms with E-state index in [0.29, 0.717) is 10.6 Å². The Hall–Kier alpha value is -0.130. The first-order chi connectivity index (χ1) is 8.16. The number of pyridine rings is 1. The molecule has 0 saturated carbocycles. The third-order valence-corrected chi connectivity index (χ3v) is 3.96. The molecule has 2 heterocycles. The maximum absolute atomic E-state index is 11.8. The van der Waals surface area contributed by atoms with Crippen molar-refractivity contribution in [3.8, 4) is 0 Å². The van der Waals surface area contributed by atoms with Gasteiger partial charge in [-0.3, -0.25) is 4.79 Å². The van der Waals surface area contributed by atoms with Crippen molar-refractivity contribution in [1.29, 1.82) is 0 Å². The molecule has 0 N–H and O–H groups in total. The number of nitrogens with zero attached hydrogens (tertiary/aromatic N) is 1. The largest absolute Gasteiger partial charge is 0.378 e. The second kappa shape index (κ2) is 6.16. The Bertz CT molecular complexity index is 439. The lowest BCUT2D eigenvalue weighted by Crippen LogP contribution is -2.21. The first-order valence-electron chi connectivity index (χ1n) is 5.84. The molecule has 1 aliphatic heterocycles. The Morgan fingerprint density at radius 1 is 1.47 bits per heavy atom. The fraction of sp³-hybridized carbons (Fsp3) is 0.583. The molecule has 1 aromatic rings. The number of rotatable bonds is 4. The van der Waals surface area contributed by atoms with Crippen LogP contribution in [0.15, 0.2) is 26.0 Å². The van der Waals surface area contributed by atoms with E-state index in [1.807, 2.05) is 6.20 Å². The predicted octanol–water partition coefficient (Wildman–Crippen LogP) is 3.33. The highest BCUT2D eigenvalue weighted by Crippen LogP contribution is 2.18. The fourth-order valence-electron chi connectivity index (χ4n) is 2.09. The van der Waals surface area contributed by atoms with Crippen molar-refractivity contribution in [2.24, 2.45) is 0 Å². The number of halogens is 2. The van der Waals surface area contributed by atoms with Gasteiger partial charge in [-0.15, -0.1) is 0 Å². The van der Waals surface area contributed by atoms with E-state index in [9.17, 15) is 4.79 Å². The van der Waals surface area contributed by atoms with Crippen molar-refractivity contribution in [3.63, 3.8) is 0 Å². The molecular weight excluding hydrogens is 350 g/mol. The van der Waals surface area contributed by atoms with Gasteiger partial charge in [-0.25, -0.2) is 0 Å². The maximum atomic E-state index is 11.8. The average molecular weight is 365 g/mol. The van der Waals surface area contributed by atoms with E-state index in [-0.39, 0.29) is 5.56 Å². The van der Waals surface area contributed by atoms with E-state index in [0.717, 1.165) is 36.9 Å². The summed E-state index contributed by atoms with van der Waals surface area (Å²) < 4.78 is 8.82. The molecule has 0 aromatic carbocycles. The van der Waals surface area contributed by atoms with Gasteiger partial charge in [-0.1, -0.05) is 0 Å². The molecule has 1 saturated heterocycles. The lowest BCUT2D eigenvalue weighted by atomic mass is 10.1. The first kappa shape index (κ1) is 13.3. The summed E-state index contributed by atoms with van der Waals surface area (Å²) in [6.07, 6.45) is 6.60. The van der Waals surface area contributed by atoms with E-state index in [4.69, 9.17) is 4.74 Å². The van der Waals surface area contributed by atoms with E-state index >= 15 is 0 Å². The minimum absolute atomic E-state index is 0.0283. The topological polar surface area (TPSA) is 31.2 Å². The molecule has 0 bridgehead atoms. The highest BCUT2D eigenvalue weighted by Gasteiger charge is 2.14. The molecule has 0 spiro atoms. The van der Waals surface area contributed by atoms with Crippen LogP contribution >= 0.6 is 31.9 Å². The Morgan fingerprint density at radius 2 is 2.29 bits per heavy atom. The van der Waals surface area contributed by atoms with Gasteiger partial charge >= 0.3 is 0 Å². The normalized spacial score (nSPS) is 19.8. The van der Waals surface area contributed by atoms with Crippen LogP contribution in [0.2, 0.25) is 0 Å². The Kier molecular flexibility index (Phi) is 4.82. The van der Waals surface area contributed by atoms with Crippen LogP contribution in [0.1, 0.15) is 25.7 Å². The maximum Gasteiger partial charge on any atom is 0.264 e. The second-order valence-electron chi connectivity index (χ2n) is 4.28. The van der Waals surface area contributed by atoms with Crippen LogP contribution < -0.4 is 5.56 Å². The van der Waals surface area contributed by atoms with Gasteiger partial charge < -0.3 is 9.30 Å². The number of hydrogen-bond donors (Lipinski definition) is 0. The minimum atomic E-state index is 0.0283. The van der Waals surface area contributed by atoms with Gasteiger partial charge in [0.1, 0.15) is 0 Å². The third-order valence-electron chi connectivity index (χ3n) is 2.96. The van der Waals surface area contributed by atoms with Crippen LogP contribution in [0.4, 0.5) is 0 Å². The van der Waals surface area contributed by atoms with Gasteiger partial charge in [0.05, 0.1) is 10.6 Å². The zero-order chi connectivity index (χ0) is 12.3. The van der Waals surface area contributed by atoms with Crippen LogP contribution in [0.3, 0.4) is 0 Å². The van der Waals surface area contributed by atoms with E-state index in [1.54, 1.807) is 10.6 Å². The highest BCUT2D eigenvalue weighted by atomic mass is 79.9. The van der Waals surface area contributed by atoms with Crippen LogP contribution in [-0.2, 0) is 11.3 Å². The number of aromatic nitrogens is 1. The number of aryl methyl sites for hydroxylation is 1. The Balaban J connectivity index is 1.92. The van der Waals surface area contributed by atoms with Crippen LogP contribution in [-0.4, -0.2) is 17.3 Å². The van der Waals surface area contributed by atoms with Gasteiger partial charge in [0.2, 0.25) is 0 Å². The molecular formula is C12H15Br2NO2. The lowest BCUT2D eigenvalue weighted by Gasteiger charge is -2.10. The minimum Gasteiger partial charge on any atom is -0.378 e. The summed E-state index contributed by atoms with van der Waals surface area (Å²) in [5, 5.41) is 0. The summed E-state index contributed by atoms with van der Waals surface area (Å²) >= 11 is 6.66. The van der Waals surface area contributed by atoms with E-state index in [1.165, 1.54) is 6.42 Å². The summed E-state index contributed by atoms with van der Waals surface area (Å²) in [5.41, 5.74) is 0.0283. The summed E-state index contributed by atoms with van der Waals surface area (Å²) in [4.78, 5) is 11.8. The molecule has 1 unspecified atom stereocenters. The van der Waals surface area contributed by atoms with Crippen molar-refractivity contribution in [3.05, 3.63) is 31.6 Å². The zero-order valence-corrected chi connectivity index (χ0v) is 12.7. The van der Waals surface area contributed by atoms with Crippen LogP contribution in [0, 0.1) is 0 Å². The molecule has 1 atom stereocenters.